The molecule has 3 nitrogen and oxygen atoms in total. The number of carbonyl (C=O) groups excluding carboxylic acids is 1. The van der Waals surface area contributed by atoms with Crippen LogP contribution in [0, 0.1) is 0 Å². The van der Waals surface area contributed by atoms with Crippen molar-refractivity contribution in [2.45, 2.75) is 33.2 Å². The van der Waals surface area contributed by atoms with E-state index in [2.05, 4.69) is 50.8 Å². The summed E-state index contributed by atoms with van der Waals surface area (Å²) in [6, 6.07) is 10.7. The molecule has 0 saturated carbocycles. The summed E-state index contributed by atoms with van der Waals surface area (Å²) >= 11 is 0. The molecule has 0 N–H and O–H groups in total. The number of unbranched alkanes of at least 4 members (excludes halogenated alkanes) is 1. The van der Waals surface area contributed by atoms with E-state index in [-0.39, 0.29) is 5.97 Å². The molecule has 0 heterocycles. The quantitative estimate of drug-likeness (QED) is 0.285. The lowest BCUT2D eigenvalue weighted by Crippen LogP contribution is -2.47. The first-order valence-corrected chi connectivity index (χ1v) is 7.84. The molecule has 116 valence electrons. The van der Waals surface area contributed by atoms with Gasteiger partial charge in [0.05, 0.1) is 26.2 Å². The van der Waals surface area contributed by atoms with Crippen LogP contribution in [0.4, 0.5) is 0 Å². The highest BCUT2D eigenvalue weighted by molar-refractivity contribution is 5.81. The second-order valence-electron chi connectivity index (χ2n) is 5.42. The van der Waals surface area contributed by atoms with E-state index in [0.717, 1.165) is 43.5 Å². The molecule has 0 spiro atoms. The Bertz CT molecular complexity index is 424. The number of carbonyl (C=O) groups is 1. The van der Waals surface area contributed by atoms with Crippen LogP contribution >= 0.6 is 0 Å². The molecule has 21 heavy (non-hydrogen) atoms. The summed E-state index contributed by atoms with van der Waals surface area (Å²) in [5, 5.41) is 0. The molecule has 0 atom stereocenters. The predicted octanol–water partition coefficient (Wildman–Crippen LogP) is 3.55. The minimum absolute atomic E-state index is 0.328. The zero-order chi connectivity index (χ0) is 15.6. The Labute approximate surface area is 128 Å². The summed E-state index contributed by atoms with van der Waals surface area (Å²) in [6.07, 6.45) is 3.20. The third kappa shape index (κ3) is 6.13. The lowest BCUT2D eigenvalue weighted by atomic mass is 10.1. The summed E-state index contributed by atoms with van der Waals surface area (Å²) in [4.78, 5) is 11.0. The number of ether oxygens (including phenoxy) is 1. The maximum atomic E-state index is 11.0. The number of rotatable bonds is 10. The highest BCUT2D eigenvalue weighted by atomic mass is 16.5. The predicted molar refractivity (Wildman–Crippen MR) is 86.7 cm³/mol. The third-order valence-corrected chi connectivity index (χ3v) is 4.14. The first-order valence-electron chi connectivity index (χ1n) is 7.84. The second kappa shape index (κ2) is 9.35. The van der Waals surface area contributed by atoms with Crippen molar-refractivity contribution in [2.75, 3.05) is 26.2 Å². The lowest BCUT2D eigenvalue weighted by molar-refractivity contribution is -0.938. The molecule has 0 unspecified atom stereocenters. The smallest absolute Gasteiger partial charge is 0.330 e. The van der Waals surface area contributed by atoms with Gasteiger partial charge in [0.2, 0.25) is 0 Å². The van der Waals surface area contributed by atoms with Crippen LogP contribution in [0.1, 0.15) is 32.3 Å². The molecule has 0 amide bonds. The largest absolute Gasteiger partial charge is 0.463 e. The van der Waals surface area contributed by atoms with Crippen LogP contribution in [0.3, 0.4) is 0 Å². The first kappa shape index (κ1) is 17.4. The van der Waals surface area contributed by atoms with Crippen LogP contribution in [-0.4, -0.2) is 36.7 Å². The zero-order valence-electron chi connectivity index (χ0n) is 13.4. The maximum absolute atomic E-state index is 11.0. The topological polar surface area (TPSA) is 26.3 Å². The van der Waals surface area contributed by atoms with Crippen LogP contribution in [-0.2, 0) is 16.1 Å². The fraction of sp³-hybridized carbons (Fsp3) is 0.500. The fourth-order valence-electron chi connectivity index (χ4n) is 2.59. The van der Waals surface area contributed by atoms with Gasteiger partial charge in [-0.05, 0) is 26.7 Å². The monoisotopic (exact) mass is 290 g/mol. The van der Waals surface area contributed by atoms with Crippen molar-refractivity contribution < 1.29 is 14.0 Å². The summed E-state index contributed by atoms with van der Waals surface area (Å²) in [5.41, 5.74) is 1.39. The summed E-state index contributed by atoms with van der Waals surface area (Å²) in [7, 11) is 0. The van der Waals surface area contributed by atoms with E-state index in [1.54, 1.807) is 0 Å². The number of esters is 1. The van der Waals surface area contributed by atoms with Crippen molar-refractivity contribution in [3.05, 3.63) is 48.6 Å². The van der Waals surface area contributed by atoms with Gasteiger partial charge >= 0.3 is 5.97 Å². The second-order valence-corrected chi connectivity index (χ2v) is 5.42. The maximum Gasteiger partial charge on any atom is 0.330 e. The van der Waals surface area contributed by atoms with Gasteiger partial charge in [-0.25, -0.2) is 4.79 Å². The number of quaternary nitrogens is 1. The molecule has 0 saturated heterocycles. The van der Waals surface area contributed by atoms with Gasteiger partial charge < -0.3 is 9.22 Å². The normalized spacial score (nSPS) is 11.1. The van der Waals surface area contributed by atoms with E-state index in [1.807, 2.05) is 0 Å². The molecule has 3 heteroatoms. The lowest BCUT2D eigenvalue weighted by Gasteiger charge is -2.37. The van der Waals surface area contributed by atoms with Crippen molar-refractivity contribution in [2.24, 2.45) is 0 Å². The Morgan fingerprint density at radius 2 is 1.86 bits per heavy atom. The van der Waals surface area contributed by atoms with Gasteiger partial charge in [-0.2, -0.15) is 0 Å². The van der Waals surface area contributed by atoms with Gasteiger partial charge in [0, 0.05) is 11.6 Å². The van der Waals surface area contributed by atoms with E-state index in [0.29, 0.717) is 6.61 Å². The van der Waals surface area contributed by atoms with Crippen molar-refractivity contribution in [3.63, 3.8) is 0 Å². The van der Waals surface area contributed by atoms with Crippen molar-refractivity contribution in [1.82, 2.24) is 0 Å². The molecular weight excluding hydrogens is 262 g/mol. The molecule has 0 fully saturated rings. The zero-order valence-corrected chi connectivity index (χ0v) is 13.4. The minimum Gasteiger partial charge on any atom is -0.463 e. The molecule has 1 rings (SSSR count). The van der Waals surface area contributed by atoms with Crippen LogP contribution < -0.4 is 0 Å². The summed E-state index contributed by atoms with van der Waals surface area (Å²) in [6.45, 7) is 12.8. The average molecular weight is 290 g/mol. The Hall–Kier alpha value is -1.61. The molecule has 1 aromatic rings. The molecule has 0 aliphatic rings. The Kier molecular flexibility index (Phi) is 7.76. The van der Waals surface area contributed by atoms with Gasteiger partial charge in [0.25, 0.3) is 0 Å². The number of hydrogen-bond acceptors (Lipinski definition) is 2. The van der Waals surface area contributed by atoms with Crippen LogP contribution in [0.25, 0.3) is 0 Å². The first-order chi connectivity index (χ1) is 10.2. The van der Waals surface area contributed by atoms with Gasteiger partial charge in [-0.15, -0.1) is 0 Å². The Morgan fingerprint density at radius 1 is 1.19 bits per heavy atom. The van der Waals surface area contributed by atoms with Gasteiger partial charge in [-0.3, -0.25) is 0 Å². The van der Waals surface area contributed by atoms with Gasteiger partial charge in [0.1, 0.15) is 6.54 Å². The molecule has 1 aromatic carbocycles. The van der Waals surface area contributed by atoms with Crippen LogP contribution in [0.15, 0.2) is 43.0 Å². The van der Waals surface area contributed by atoms with Crippen LogP contribution in [0.2, 0.25) is 0 Å². The summed E-state index contributed by atoms with van der Waals surface area (Å²) < 4.78 is 6.11. The van der Waals surface area contributed by atoms with Crippen molar-refractivity contribution >= 4 is 5.97 Å². The van der Waals surface area contributed by atoms with E-state index < -0.39 is 0 Å². The van der Waals surface area contributed by atoms with Gasteiger partial charge in [0.15, 0.2) is 0 Å². The SMILES string of the molecule is C=CC(=O)OCCCC[N+](CC)(CC)Cc1ccccc1. The van der Waals surface area contributed by atoms with Gasteiger partial charge in [-0.1, -0.05) is 36.9 Å². The van der Waals surface area contributed by atoms with E-state index >= 15 is 0 Å². The highest BCUT2D eigenvalue weighted by Gasteiger charge is 2.23. The minimum atomic E-state index is -0.328. The van der Waals surface area contributed by atoms with E-state index in [4.69, 9.17) is 4.74 Å². The molecule has 0 aromatic heterocycles. The van der Waals surface area contributed by atoms with Crippen LogP contribution in [0.5, 0.6) is 0 Å². The molecule has 0 bridgehead atoms. The molecule has 0 aliphatic heterocycles. The number of nitrogens with zero attached hydrogens (tertiary/aromatic N) is 1. The molecular formula is C18H28NO2+. The summed E-state index contributed by atoms with van der Waals surface area (Å²) in [5.74, 6) is -0.328. The number of hydrogen-bond donors (Lipinski definition) is 0. The van der Waals surface area contributed by atoms with Crippen molar-refractivity contribution in [1.29, 1.82) is 0 Å². The van der Waals surface area contributed by atoms with E-state index in [9.17, 15) is 4.79 Å². The Balaban J connectivity index is 2.45. The fourth-order valence-corrected chi connectivity index (χ4v) is 2.59. The van der Waals surface area contributed by atoms with E-state index in [1.165, 1.54) is 11.6 Å². The number of benzene rings is 1. The molecule has 0 radical (unpaired) electrons. The van der Waals surface area contributed by atoms with Crippen molar-refractivity contribution in [3.8, 4) is 0 Å². The Morgan fingerprint density at radius 3 is 2.43 bits per heavy atom. The third-order valence-electron chi connectivity index (χ3n) is 4.14. The molecule has 0 aliphatic carbocycles. The highest BCUT2D eigenvalue weighted by Crippen LogP contribution is 2.16. The standard InChI is InChI=1S/C18H28NO2/c1-4-18(20)21-15-11-10-14-19(5-2,6-3)16-17-12-8-7-9-13-17/h4,7-9,12-13H,1,5-6,10-11,14-16H2,2-3H3/q+1. The average Bonchev–Trinajstić information content (AvgIpc) is 2.54.